The van der Waals surface area contributed by atoms with E-state index in [0.29, 0.717) is 13.2 Å². The molecule has 3 aromatic rings. The van der Waals surface area contributed by atoms with E-state index in [1.807, 2.05) is 66.7 Å². The van der Waals surface area contributed by atoms with Gasteiger partial charge in [-0.05, 0) is 17.7 Å². The second kappa shape index (κ2) is 9.43. The van der Waals surface area contributed by atoms with Gasteiger partial charge in [-0.2, -0.15) is 0 Å². The molecule has 0 radical (unpaired) electrons. The molecule has 27 heavy (non-hydrogen) atoms. The highest BCUT2D eigenvalue weighted by Gasteiger charge is 2.08. The molecule has 0 aromatic heterocycles. The fraction of sp³-hybridized carbons (Fsp3) is 0.174. The van der Waals surface area contributed by atoms with Crippen LogP contribution in [0.5, 0.6) is 11.5 Å². The summed E-state index contributed by atoms with van der Waals surface area (Å²) in [6.45, 7) is 0.846. The monoisotopic (exact) mass is 361 g/mol. The van der Waals surface area contributed by atoms with E-state index < -0.39 is 0 Å². The molecule has 4 heteroatoms. The lowest BCUT2D eigenvalue weighted by Crippen LogP contribution is -2.29. The molecule has 4 nitrogen and oxygen atoms in total. The molecule has 0 heterocycles. The number of carbonyl (C=O) groups is 1. The summed E-state index contributed by atoms with van der Waals surface area (Å²) >= 11 is 0. The van der Waals surface area contributed by atoms with Crippen molar-refractivity contribution in [3.05, 3.63) is 84.4 Å². The Labute approximate surface area is 159 Å². The van der Waals surface area contributed by atoms with Gasteiger partial charge in [0.05, 0.1) is 20.1 Å². The van der Waals surface area contributed by atoms with Gasteiger partial charge in [0, 0.05) is 11.1 Å². The molecule has 0 aliphatic carbocycles. The van der Waals surface area contributed by atoms with E-state index in [0.717, 1.165) is 28.2 Å². The van der Waals surface area contributed by atoms with Crippen molar-refractivity contribution in [2.45, 2.75) is 6.42 Å². The fourth-order valence-electron chi connectivity index (χ4n) is 2.88. The van der Waals surface area contributed by atoms with Gasteiger partial charge in [0.1, 0.15) is 18.1 Å². The number of hydrogen-bond donors (Lipinski definition) is 1. The number of amides is 1. The quantitative estimate of drug-likeness (QED) is 0.615. The minimum atomic E-state index is -0.0561. The van der Waals surface area contributed by atoms with Gasteiger partial charge in [-0.25, -0.2) is 0 Å². The van der Waals surface area contributed by atoms with Crippen LogP contribution in [0.4, 0.5) is 0 Å². The molecule has 0 aliphatic heterocycles. The Morgan fingerprint density at radius 2 is 1.52 bits per heavy atom. The lowest BCUT2D eigenvalue weighted by Gasteiger charge is -2.12. The van der Waals surface area contributed by atoms with E-state index in [-0.39, 0.29) is 12.3 Å². The standard InChI is InChI=1S/C23H23NO3/c1-26-21-13-7-5-11-19(21)17-23(25)24-15-16-27-22-14-8-6-12-20(22)18-9-3-2-4-10-18/h2-14H,15-17H2,1H3,(H,24,25). The summed E-state index contributed by atoms with van der Waals surface area (Å²) in [5.41, 5.74) is 3.01. The zero-order valence-corrected chi connectivity index (χ0v) is 15.4. The molecular weight excluding hydrogens is 338 g/mol. The topological polar surface area (TPSA) is 47.6 Å². The van der Waals surface area contributed by atoms with E-state index in [1.165, 1.54) is 0 Å². The summed E-state index contributed by atoms with van der Waals surface area (Å²) in [4.78, 5) is 12.2. The highest BCUT2D eigenvalue weighted by atomic mass is 16.5. The predicted molar refractivity (Wildman–Crippen MR) is 107 cm³/mol. The number of carbonyl (C=O) groups excluding carboxylic acids is 1. The van der Waals surface area contributed by atoms with Crippen molar-refractivity contribution in [1.29, 1.82) is 0 Å². The summed E-state index contributed by atoms with van der Waals surface area (Å²) in [7, 11) is 1.61. The van der Waals surface area contributed by atoms with Crippen LogP contribution in [0.2, 0.25) is 0 Å². The van der Waals surface area contributed by atoms with Gasteiger partial charge in [-0.15, -0.1) is 0 Å². The van der Waals surface area contributed by atoms with Gasteiger partial charge in [0.15, 0.2) is 0 Å². The van der Waals surface area contributed by atoms with Gasteiger partial charge in [0.25, 0.3) is 0 Å². The Bertz CT molecular complexity index is 878. The maximum atomic E-state index is 12.2. The minimum Gasteiger partial charge on any atom is -0.496 e. The van der Waals surface area contributed by atoms with E-state index in [1.54, 1.807) is 7.11 Å². The summed E-state index contributed by atoms with van der Waals surface area (Å²) < 4.78 is 11.2. The van der Waals surface area contributed by atoms with Crippen LogP contribution in [0.1, 0.15) is 5.56 Å². The summed E-state index contributed by atoms with van der Waals surface area (Å²) in [6.07, 6.45) is 0.282. The fourth-order valence-corrected chi connectivity index (χ4v) is 2.88. The maximum absolute atomic E-state index is 12.2. The zero-order chi connectivity index (χ0) is 18.9. The summed E-state index contributed by atoms with van der Waals surface area (Å²) in [5, 5.41) is 2.89. The van der Waals surface area contributed by atoms with Crippen LogP contribution in [-0.4, -0.2) is 26.2 Å². The van der Waals surface area contributed by atoms with Gasteiger partial charge in [-0.3, -0.25) is 4.79 Å². The molecule has 0 aliphatic rings. The number of para-hydroxylation sites is 2. The molecule has 0 spiro atoms. The molecular formula is C23H23NO3. The first-order valence-corrected chi connectivity index (χ1v) is 8.94. The average Bonchev–Trinajstić information content (AvgIpc) is 2.72. The Kier molecular flexibility index (Phi) is 6.47. The molecule has 0 saturated carbocycles. The van der Waals surface area contributed by atoms with E-state index in [9.17, 15) is 4.79 Å². The average molecular weight is 361 g/mol. The number of ether oxygens (including phenoxy) is 2. The van der Waals surface area contributed by atoms with E-state index in [4.69, 9.17) is 9.47 Å². The van der Waals surface area contributed by atoms with Crippen LogP contribution in [0.15, 0.2) is 78.9 Å². The maximum Gasteiger partial charge on any atom is 0.224 e. The van der Waals surface area contributed by atoms with Gasteiger partial charge >= 0.3 is 0 Å². The Morgan fingerprint density at radius 3 is 2.30 bits per heavy atom. The van der Waals surface area contributed by atoms with Crippen molar-refractivity contribution < 1.29 is 14.3 Å². The van der Waals surface area contributed by atoms with Crippen LogP contribution < -0.4 is 14.8 Å². The molecule has 138 valence electrons. The molecule has 0 fully saturated rings. The molecule has 0 saturated heterocycles. The largest absolute Gasteiger partial charge is 0.496 e. The van der Waals surface area contributed by atoms with Crippen molar-refractivity contribution in [2.75, 3.05) is 20.3 Å². The molecule has 3 aromatic carbocycles. The van der Waals surface area contributed by atoms with Gasteiger partial charge < -0.3 is 14.8 Å². The highest BCUT2D eigenvalue weighted by Crippen LogP contribution is 2.29. The normalized spacial score (nSPS) is 10.3. The minimum absolute atomic E-state index is 0.0561. The second-order valence-corrected chi connectivity index (χ2v) is 6.05. The van der Waals surface area contributed by atoms with E-state index >= 15 is 0 Å². The number of nitrogens with one attached hydrogen (secondary N) is 1. The number of hydrogen-bond acceptors (Lipinski definition) is 3. The van der Waals surface area contributed by atoms with Crippen LogP contribution in [-0.2, 0) is 11.2 Å². The third-order valence-corrected chi connectivity index (χ3v) is 4.20. The lowest BCUT2D eigenvalue weighted by molar-refractivity contribution is -0.120. The molecule has 1 N–H and O–H groups in total. The first-order chi connectivity index (χ1) is 13.3. The predicted octanol–water partition coefficient (Wildman–Crippen LogP) is 4.10. The van der Waals surface area contributed by atoms with Crippen LogP contribution in [0.3, 0.4) is 0 Å². The zero-order valence-electron chi connectivity index (χ0n) is 15.4. The first-order valence-electron chi connectivity index (χ1n) is 8.94. The molecule has 1 amide bonds. The van der Waals surface area contributed by atoms with Crippen LogP contribution in [0, 0.1) is 0 Å². The Morgan fingerprint density at radius 1 is 0.852 bits per heavy atom. The Balaban J connectivity index is 1.52. The molecule has 0 unspecified atom stereocenters. The van der Waals surface area contributed by atoms with Gasteiger partial charge in [-0.1, -0.05) is 66.7 Å². The number of rotatable bonds is 8. The van der Waals surface area contributed by atoms with Gasteiger partial charge in [0.2, 0.25) is 5.91 Å². The molecule has 0 atom stereocenters. The van der Waals surface area contributed by atoms with Crippen LogP contribution in [0.25, 0.3) is 11.1 Å². The second-order valence-electron chi connectivity index (χ2n) is 6.05. The number of methoxy groups -OCH3 is 1. The third-order valence-electron chi connectivity index (χ3n) is 4.20. The van der Waals surface area contributed by atoms with Crippen molar-refractivity contribution in [3.8, 4) is 22.6 Å². The smallest absolute Gasteiger partial charge is 0.224 e. The Hall–Kier alpha value is -3.27. The molecule has 3 rings (SSSR count). The third kappa shape index (κ3) is 5.11. The van der Waals surface area contributed by atoms with Crippen LogP contribution >= 0.6 is 0 Å². The SMILES string of the molecule is COc1ccccc1CC(=O)NCCOc1ccccc1-c1ccccc1. The van der Waals surface area contributed by atoms with Crippen molar-refractivity contribution >= 4 is 5.91 Å². The highest BCUT2D eigenvalue weighted by molar-refractivity contribution is 5.79. The van der Waals surface area contributed by atoms with Crippen molar-refractivity contribution in [1.82, 2.24) is 5.32 Å². The summed E-state index contributed by atoms with van der Waals surface area (Å²) in [6, 6.07) is 25.5. The number of benzene rings is 3. The lowest BCUT2D eigenvalue weighted by atomic mass is 10.1. The van der Waals surface area contributed by atoms with E-state index in [2.05, 4.69) is 17.4 Å². The van der Waals surface area contributed by atoms with Crippen molar-refractivity contribution in [3.63, 3.8) is 0 Å². The first kappa shape index (κ1) is 18.5. The molecule has 0 bridgehead atoms. The summed E-state index contributed by atoms with van der Waals surface area (Å²) in [5.74, 6) is 1.47. The van der Waals surface area contributed by atoms with Crippen molar-refractivity contribution in [2.24, 2.45) is 0 Å².